The first kappa shape index (κ1) is 14.0. The van der Waals surface area contributed by atoms with E-state index >= 15 is 0 Å². The van der Waals surface area contributed by atoms with Gasteiger partial charge in [0.15, 0.2) is 5.82 Å². The summed E-state index contributed by atoms with van der Waals surface area (Å²) in [5.41, 5.74) is 3.15. The predicted octanol–water partition coefficient (Wildman–Crippen LogP) is 5.10. The zero-order chi connectivity index (χ0) is 14.7. The summed E-state index contributed by atoms with van der Waals surface area (Å²) in [6.45, 7) is 3.13. The number of fused-ring (bicyclic) bond motifs is 1. The summed E-state index contributed by atoms with van der Waals surface area (Å²) in [6.07, 6.45) is 2.32. The molecular weight excluding hydrogens is 282 g/mol. The molecule has 3 rings (SSSR count). The molecule has 0 radical (unpaired) electrons. The van der Waals surface area contributed by atoms with Crippen molar-refractivity contribution in [1.82, 2.24) is 10.2 Å². The topological polar surface area (TPSA) is 40.7 Å². The quantitative estimate of drug-likeness (QED) is 0.644. The Hall–Kier alpha value is -2.00. The zero-order valence-electron chi connectivity index (χ0n) is 12.0. The molecule has 108 valence electrons. The van der Waals surface area contributed by atoms with Crippen LogP contribution < -0.4 is 5.32 Å². The average molecular weight is 300 g/mol. The van der Waals surface area contributed by atoms with Gasteiger partial charge in [-0.25, -0.2) is 0 Å². The second-order valence-corrected chi connectivity index (χ2v) is 5.50. The Kier molecular flexibility index (Phi) is 4.11. The number of H-pyrrole nitrogens is 1. The molecule has 3 nitrogen and oxygen atoms in total. The van der Waals surface area contributed by atoms with Crippen LogP contribution in [0.3, 0.4) is 0 Å². The minimum absolute atomic E-state index is 0.762. The molecule has 2 N–H and O–H groups in total. The SMILES string of the molecule is CCCCNc1n[nH]c2cc(-c3ccccc3Cl)ccc12. The first-order valence-electron chi connectivity index (χ1n) is 7.26. The van der Waals surface area contributed by atoms with E-state index in [0.29, 0.717) is 0 Å². The van der Waals surface area contributed by atoms with Gasteiger partial charge in [-0.15, -0.1) is 0 Å². The van der Waals surface area contributed by atoms with Gasteiger partial charge in [0.2, 0.25) is 0 Å². The van der Waals surface area contributed by atoms with Gasteiger partial charge < -0.3 is 5.32 Å². The van der Waals surface area contributed by atoms with E-state index in [1.807, 2.05) is 24.3 Å². The fourth-order valence-electron chi connectivity index (χ4n) is 2.40. The third-order valence-corrected chi connectivity index (χ3v) is 3.90. The van der Waals surface area contributed by atoms with Crippen molar-refractivity contribution in [2.75, 3.05) is 11.9 Å². The minimum Gasteiger partial charge on any atom is -0.368 e. The molecule has 0 unspecified atom stereocenters. The molecule has 0 aliphatic heterocycles. The summed E-state index contributed by atoms with van der Waals surface area (Å²) in [5, 5.41) is 12.7. The summed E-state index contributed by atoms with van der Waals surface area (Å²) in [5.74, 6) is 0.921. The molecule has 1 aromatic heterocycles. The normalized spacial score (nSPS) is 11.0. The van der Waals surface area contributed by atoms with Crippen molar-refractivity contribution >= 4 is 28.3 Å². The molecule has 0 aliphatic carbocycles. The molecule has 0 saturated carbocycles. The molecule has 0 fully saturated rings. The van der Waals surface area contributed by atoms with Gasteiger partial charge in [0.05, 0.1) is 5.52 Å². The number of rotatable bonds is 5. The third-order valence-electron chi connectivity index (χ3n) is 3.57. The van der Waals surface area contributed by atoms with Crippen molar-refractivity contribution in [2.24, 2.45) is 0 Å². The lowest BCUT2D eigenvalue weighted by molar-refractivity contribution is 0.830. The molecule has 0 atom stereocenters. The number of aromatic nitrogens is 2. The van der Waals surface area contributed by atoms with Crippen LogP contribution in [0.4, 0.5) is 5.82 Å². The average Bonchev–Trinajstić information content (AvgIpc) is 2.90. The second kappa shape index (κ2) is 6.19. The van der Waals surface area contributed by atoms with E-state index in [4.69, 9.17) is 11.6 Å². The van der Waals surface area contributed by atoms with E-state index < -0.39 is 0 Å². The van der Waals surface area contributed by atoms with Crippen molar-refractivity contribution in [3.63, 3.8) is 0 Å². The standard InChI is InChI=1S/C17H18ClN3/c1-2-3-10-19-17-14-9-8-12(11-16(14)20-21-17)13-6-4-5-7-15(13)18/h4-9,11H,2-3,10H2,1H3,(H2,19,20,21). The van der Waals surface area contributed by atoms with E-state index in [1.165, 1.54) is 6.42 Å². The van der Waals surface area contributed by atoms with Gasteiger partial charge in [0, 0.05) is 22.5 Å². The van der Waals surface area contributed by atoms with Crippen LogP contribution >= 0.6 is 11.6 Å². The minimum atomic E-state index is 0.762. The Morgan fingerprint density at radius 1 is 1.19 bits per heavy atom. The fourth-order valence-corrected chi connectivity index (χ4v) is 2.65. The lowest BCUT2D eigenvalue weighted by atomic mass is 10.0. The van der Waals surface area contributed by atoms with E-state index in [0.717, 1.165) is 45.8 Å². The molecule has 4 heteroatoms. The summed E-state index contributed by atoms with van der Waals surface area (Å²) < 4.78 is 0. The number of halogens is 1. The molecular formula is C17H18ClN3. The molecule has 21 heavy (non-hydrogen) atoms. The smallest absolute Gasteiger partial charge is 0.155 e. The third kappa shape index (κ3) is 2.88. The van der Waals surface area contributed by atoms with E-state index in [2.05, 4.69) is 40.6 Å². The van der Waals surface area contributed by atoms with Crippen molar-refractivity contribution < 1.29 is 0 Å². The Morgan fingerprint density at radius 2 is 2.05 bits per heavy atom. The van der Waals surface area contributed by atoms with Gasteiger partial charge in [0.1, 0.15) is 0 Å². The van der Waals surface area contributed by atoms with Gasteiger partial charge in [-0.1, -0.05) is 49.2 Å². The Bertz CT molecular complexity index is 749. The highest BCUT2D eigenvalue weighted by atomic mass is 35.5. The molecule has 0 amide bonds. The number of unbranched alkanes of at least 4 members (excludes halogenated alkanes) is 1. The summed E-state index contributed by atoms with van der Waals surface area (Å²) in [6, 6.07) is 14.1. The van der Waals surface area contributed by atoms with Crippen molar-refractivity contribution in [2.45, 2.75) is 19.8 Å². The maximum Gasteiger partial charge on any atom is 0.155 e. The number of benzene rings is 2. The number of aromatic amines is 1. The fraction of sp³-hybridized carbons (Fsp3) is 0.235. The highest BCUT2D eigenvalue weighted by Gasteiger charge is 2.08. The first-order chi connectivity index (χ1) is 10.3. The van der Waals surface area contributed by atoms with Crippen molar-refractivity contribution in [1.29, 1.82) is 0 Å². The molecule has 0 aliphatic rings. The maximum absolute atomic E-state index is 6.26. The van der Waals surface area contributed by atoms with Gasteiger partial charge in [-0.2, -0.15) is 5.10 Å². The number of hydrogen-bond acceptors (Lipinski definition) is 2. The number of anilines is 1. The zero-order valence-corrected chi connectivity index (χ0v) is 12.7. The van der Waals surface area contributed by atoms with Crippen LogP contribution in [0.2, 0.25) is 5.02 Å². The van der Waals surface area contributed by atoms with E-state index in [9.17, 15) is 0 Å². The molecule has 2 aromatic carbocycles. The molecule has 3 aromatic rings. The highest BCUT2D eigenvalue weighted by molar-refractivity contribution is 6.33. The second-order valence-electron chi connectivity index (χ2n) is 5.09. The van der Waals surface area contributed by atoms with E-state index in [-0.39, 0.29) is 0 Å². The highest BCUT2D eigenvalue weighted by Crippen LogP contribution is 2.31. The largest absolute Gasteiger partial charge is 0.368 e. The maximum atomic E-state index is 6.26. The van der Waals surface area contributed by atoms with Crippen molar-refractivity contribution in [3.8, 4) is 11.1 Å². The molecule has 1 heterocycles. The first-order valence-corrected chi connectivity index (χ1v) is 7.64. The summed E-state index contributed by atoms with van der Waals surface area (Å²) >= 11 is 6.26. The molecule has 0 saturated heterocycles. The monoisotopic (exact) mass is 299 g/mol. The lowest BCUT2D eigenvalue weighted by Crippen LogP contribution is -2.01. The molecule has 0 spiro atoms. The van der Waals surface area contributed by atoms with Crippen LogP contribution in [0.15, 0.2) is 42.5 Å². The van der Waals surface area contributed by atoms with E-state index in [1.54, 1.807) is 0 Å². The number of hydrogen-bond donors (Lipinski definition) is 2. The van der Waals surface area contributed by atoms with Gasteiger partial charge in [-0.3, -0.25) is 5.10 Å². The lowest BCUT2D eigenvalue weighted by Gasteiger charge is -2.05. The number of nitrogens with one attached hydrogen (secondary N) is 2. The molecule has 0 bridgehead atoms. The summed E-state index contributed by atoms with van der Waals surface area (Å²) in [7, 11) is 0. The van der Waals surface area contributed by atoms with Crippen LogP contribution in [-0.4, -0.2) is 16.7 Å². The Labute approximate surface area is 129 Å². The van der Waals surface area contributed by atoms with Crippen LogP contribution in [0.5, 0.6) is 0 Å². The van der Waals surface area contributed by atoms with Gasteiger partial charge in [-0.05, 0) is 30.2 Å². The Morgan fingerprint density at radius 3 is 2.86 bits per heavy atom. The number of nitrogens with zero attached hydrogens (tertiary/aromatic N) is 1. The van der Waals surface area contributed by atoms with Crippen LogP contribution in [0.1, 0.15) is 19.8 Å². The van der Waals surface area contributed by atoms with Crippen LogP contribution in [-0.2, 0) is 0 Å². The van der Waals surface area contributed by atoms with Gasteiger partial charge >= 0.3 is 0 Å². The van der Waals surface area contributed by atoms with Crippen molar-refractivity contribution in [3.05, 3.63) is 47.5 Å². The van der Waals surface area contributed by atoms with Gasteiger partial charge in [0.25, 0.3) is 0 Å². The van der Waals surface area contributed by atoms with Crippen LogP contribution in [0, 0.1) is 0 Å². The summed E-state index contributed by atoms with van der Waals surface area (Å²) in [4.78, 5) is 0. The van der Waals surface area contributed by atoms with Crippen LogP contribution in [0.25, 0.3) is 22.0 Å². The Balaban J connectivity index is 1.93. The predicted molar refractivity (Wildman–Crippen MR) is 89.9 cm³/mol.